The van der Waals surface area contributed by atoms with Crippen LogP contribution in [0.2, 0.25) is 0 Å². The molecule has 0 radical (unpaired) electrons. The second kappa shape index (κ2) is 6.10. The Morgan fingerprint density at radius 2 is 2.19 bits per heavy atom. The minimum absolute atomic E-state index is 0.184. The molecule has 3 nitrogen and oxygen atoms in total. The summed E-state index contributed by atoms with van der Waals surface area (Å²) < 4.78 is 12.9. The number of aliphatic carboxylic acids is 1. The molecule has 2 N–H and O–H groups in total. The monoisotopic (exact) mass is 225 g/mol. The second-order valence-electron chi connectivity index (χ2n) is 3.74. The number of carbonyl (C=O) groups is 1. The van der Waals surface area contributed by atoms with E-state index in [4.69, 9.17) is 5.11 Å². The lowest BCUT2D eigenvalue weighted by molar-refractivity contribution is -0.137. The molecule has 0 saturated carbocycles. The molecule has 0 aliphatic heterocycles. The lowest BCUT2D eigenvalue weighted by atomic mass is 10.2. The van der Waals surface area contributed by atoms with E-state index in [9.17, 15) is 9.18 Å². The van der Waals surface area contributed by atoms with E-state index < -0.39 is 5.97 Å². The van der Waals surface area contributed by atoms with Gasteiger partial charge in [-0.2, -0.15) is 0 Å². The van der Waals surface area contributed by atoms with Gasteiger partial charge in [-0.3, -0.25) is 4.79 Å². The Kier molecular flexibility index (Phi) is 4.76. The third kappa shape index (κ3) is 4.29. The quantitative estimate of drug-likeness (QED) is 0.732. The molecule has 0 bridgehead atoms. The molecule has 0 atom stereocenters. The van der Waals surface area contributed by atoms with Crippen molar-refractivity contribution in [3.8, 4) is 0 Å². The van der Waals surface area contributed by atoms with E-state index in [1.807, 2.05) is 6.92 Å². The predicted molar refractivity (Wildman–Crippen MR) is 61.1 cm³/mol. The molecule has 0 spiro atoms. The van der Waals surface area contributed by atoms with Gasteiger partial charge in [0.1, 0.15) is 5.82 Å². The number of halogens is 1. The highest BCUT2D eigenvalue weighted by molar-refractivity contribution is 5.66. The van der Waals surface area contributed by atoms with Crippen LogP contribution in [-0.4, -0.2) is 17.6 Å². The maximum absolute atomic E-state index is 12.9. The summed E-state index contributed by atoms with van der Waals surface area (Å²) in [5.41, 5.74) is 1.76. The van der Waals surface area contributed by atoms with Crippen LogP contribution >= 0.6 is 0 Å². The first-order valence-electron chi connectivity index (χ1n) is 5.31. The topological polar surface area (TPSA) is 49.3 Å². The van der Waals surface area contributed by atoms with Crippen molar-refractivity contribution in [2.75, 3.05) is 11.9 Å². The number of carboxylic acid groups (broad SMARTS) is 1. The van der Waals surface area contributed by atoms with Gasteiger partial charge in [-0.15, -0.1) is 0 Å². The fourth-order valence-electron chi connectivity index (χ4n) is 1.41. The normalized spacial score (nSPS) is 10.1. The Balaban J connectivity index is 2.31. The van der Waals surface area contributed by atoms with Crippen LogP contribution in [0.3, 0.4) is 0 Å². The van der Waals surface area contributed by atoms with Crippen LogP contribution in [0.1, 0.15) is 24.8 Å². The summed E-state index contributed by atoms with van der Waals surface area (Å²) >= 11 is 0. The van der Waals surface area contributed by atoms with Gasteiger partial charge in [0.2, 0.25) is 0 Å². The molecule has 0 aliphatic rings. The number of rotatable bonds is 6. The summed E-state index contributed by atoms with van der Waals surface area (Å²) in [5.74, 6) is -1.04. The minimum atomic E-state index is -0.776. The Labute approximate surface area is 94.3 Å². The first-order valence-corrected chi connectivity index (χ1v) is 5.31. The highest BCUT2D eigenvalue weighted by atomic mass is 19.1. The van der Waals surface area contributed by atoms with Gasteiger partial charge in [0.25, 0.3) is 0 Å². The smallest absolute Gasteiger partial charge is 0.303 e. The molecule has 16 heavy (non-hydrogen) atoms. The zero-order chi connectivity index (χ0) is 12.0. The van der Waals surface area contributed by atoms with Gasteiger partial charge in [0, 0.05) is 18.7 Å². The molecule has 0 saturated heterocycles. The fraction of sp³-hybridized carbons (Fsp3) is 0.417. The van der Waals surface area contributed by atoms with Gasteiger partial charge < -0.3 is 10.4 Å². The minimum Gasteiger partial charge on any atom is -0.481 e. The maximum atomic E-state index is 12.9. The van der Waals surface area contributed by atoms with E-state index >= 15 is 0 Å². The number of benzene rings is 1. The van der Waals surface area contributed by atoms with Crippen molar-refractivity contribution in [1.29, 1.82) is 0 Å². The zero-order valence-electron chi connectivity index (χ0n) is 9.29. The molecule has 4 heteroatoms. The van der Waals surface area contributed by atoms with Crippen LogP contribution in [0.4, 0.5) is 10.1 Å². The molecular weight excluding hydrogens is 209 g/mol. The highest BCUT2D eigenvalue weighted by Gasteiger charge is 2.00. The molecule has 1 aromatic carbocycles. The Morgan fingerprint density at radius 1 is 1.44 bits per heavy atom. The molecule has 0 aliphatic carbocycles. The first-order chi connectivity index (χ1) is 7.59. The molecule has 0 aromatic heterocycles. The van der Waals surface area contributed by atoms with Gasteiger partial charge in [-0.05, 0) is 37.5 Å². The van der Waals surface area contributed by atoms with Gasteiger partial charge in [-0.25, -0.2) is 4.39 Å². The molecule has 1 aromatic rings. The van der Waals surface area contributed by atoms with Crippen molar-refractivity contribution in [3.63, 3.8) is 0 Å². The van der Waals surface area contributed by atoms with Crippen molar-refractivity contribution in [1.82, 2.24) is 0 Å². The van der Waals surface area contributed by atoms with E-state index in [0.29, 0.717) is 13.0 Å². The van der Waals surface area contributed by atoms with Crippen LogP contribution in [0.5, 0.6) is 0 Å². The van der Waals surface area contributed by atoms with Gasteiger partial charge in [0.05, 0.1) is 0 Å². The van der Waals surface area contributed by atoms with Crippen molar-refractivity contribution in [3.05, 3.63) is 29.6 Å². The molecule has 0 fully saturated rings. The number of hydrogen-bond acceptors (Lipinski definition) is 2. The highest BCUT2D eigenvalue weighted by Crippen LogP contribution is 2.15. The first kappa shape index (κ1) is 12.5. The van der Waals surface area contributed by atoms with Crippen molar-refractivity contribution >= 4 is 11.7 Å². The largest absolute Gasteiger partial charge is 0.481 e. The Hall–Kier alpha value is -1.58. The molecule has 0 heterocycles. The zero-order valence-corrected chi connectivity index (χ0v) is 9.29. The summed E-state index contributed by atoms with van der Waals surface area (Å²) in [6.45, 7) is 2.57. The lowest BCUT2D eigenvalue weighted by Gasteiger charge is -2.08. The summed E-state index contributed by atoms with van der Waals surface area (Å²) in [7, 11) is 0. The average molecular weight is 225 g/mol. The molecule has 0 unspecified atom stereocenters. The summed E-state index contributed by atoms with van der Waals surface area (Å²) in [6.07, 6.45) is 1.59. The summed E-state index contributed by atoms with van der Waals surface area (Å²) in [5, 5.41) is 11.5. The second-order valence-corrected chi connectivity index (χ2v) is 3.74. The number of nitrogens with one attached hydrogen (secondary N) is 1. The molecule has 0 amide bonds. The van der Waals surface area contributed by atoms with Gasteiger partial charge in [-0.1, -0.05) is 6.07 Å². The Morgan fingerprint density at radius 3 is 2.88 bits per heavy atom. The third-order valence-corrected chi connectivity index (χ3v) is 2.33. The maximum Gasteiger partial charge on any atom is 0.303 e. The van der Waals surface area contributed by atoms with Crippen LogP contribution < -0.4 is 5.32 Å². The standard InChI is InChI=1S/C12H16FNO2/c1-9-5-6-10(13)8-11(9)14-7-3-2-4-12(15)16/h5-6,8,14H,2-4,7H2,1H3,(H,15,16). The molecule has 88 valence electrons. The summed E-state index contributed by atoms with van der Waals surface area (Å²) in [6, 6.07) is 4.59. The number of carboxylic acids is 1. The van der Waals surface area contributed by atoms with E-state index in [-0.39, 0.29) is 12.2 Å². The number of anilines is 1. The average Bonchev–Trinajstić information content (AvgIpc) is 2.22. The molecular formula is C12H16FNO2. The van der Waals surface area contributed by atoms with E-state index in [1.165, 1.54) is 12.1 Å². The van der Waals surface area contributed by atoms with E-state index in [1.54, 1.807) is 6.07 Å². The van der Waals surface area contributed by atoms with Crippen molar-refractivity contribution in [2.24, 2.45) is 0 Å². The van der Waals surface area contributed by atoms with Crippen LogP contribution in [0.15, 0.2) is 18.2 Å². The molecule has 1 rings (SSSR count). The Bertz CT molecular complexity index is 366. The number of unbranched alkanes of at least 4 members (excludes halogenated alkanes) is 1. The summed E-state index contributed by atoms with van der Waals surface area (Å²) in [4.78, 5) is 10.3. The van der Waals surface area contributed by atoms with Crippen LogP contribution in [0.25, 0.3) is 0 Å². The van der Waals surface area contributed by atoms with Gasteiger partial charge >= 0.3 is 5.97 Å². The van der Waals surface area contributed by atoms with E-state index in [0.717, 1.165) is 17.7 Å². The number of hydrogen-bond donors (Lipinski definition) is 2. The lowest BCUT2D eigenvalue weighted by Crippen LogP contribution is -2.04. The SMILES string of the molecule is Cc1ccc(F)cc1NCCCCC(=O)O. The van der Waals surface area contributed by atoms with Crippen LogP contribution in [-0.2, 0) is 4.79 Å². The number of aryl methyl sites for hydroxylation is 1. The van der Waals surface area contributed by atoms with Gasteiger partial charge in [0.15, 0.2) is 0 Å². The third-order valence-electron chi connectivity index (χ3n) is 2.33. The predicted octanol–water partition coefficient (Wildman–Crippen LogP) is 2.80. The van der Waals surface area contributed by atoms with Crippen LogP contribution in [0, 0.1) is 12.7 Å². The fourth-order valence-corrected chi connectivity index (χ4v) is 1.41. The van der Waals surface area contributed by atoms with E-state index in [2.05, 4.69) is 5.32 Å². The van der Waals surface area contributed by atoms with Crippen molar-refractivity contribution in [2.45, 2.75) is 26.2 Å². The van der Waals surface area contributed by atoms with Crippen molar-refractivity contribution < 1.29 is 14.3 Å².